The number of hydrogen-bond acceptors (Lipinski definition) is 6. The number of likely N-dealkylation sites (tertiary alicyclic amines) is 1. The predicted molar refractivity (Wildman–Crippen MR) is 122 cm³/mol. The van der Waals surface area contributed by atoms with Gasteiger partial charge in [-0.2, -0.15) is 18.3 Å². The topological polar surface area (TPSA) is 89.4 Å². The zero-order valence-electron chi connectivity index (χ0n) is 18.0. The fourth-order valence-electron chi connectivity index (χ4n) is 4.23. The van der Waals surface area contributed by atoms with E-state index >= 15 is 0 Å². The summed E-state index contributed by atoms with van der Waals surface area (Å²) in [4.78, 5) is 24.2. The molecule has 176 valence electrons. The molecule has 4 aromatic rings. The Morgan fingerprint density at radius 3 is 2.76 bits per heavy atom. The lowest BCUT2D eigenvalue weighted by Gasteiger charge is -2.35. The van der Waals surface area contributed by atoms with Crippen LogP contribution in [0.25, 0.3) is 27.5 Å². The largest absolute Gasteiger partial charge is 0.433 e. The van der Waals surface area contributed by atoms with Crippen molar-refractivity contribution in [2.75, 3.05) is 13.1 Å². The van der Waals surface area contributed by atoms with Crippen LogP contribution in [-0.4, -0.2) is 49.5 Å². The Kier molecular flexibility index (Phi) is 5.82. The zero-order chi connectivity index (χ0) is 23.9. The molecule has 1 fully saturated rings. The summed E-state index contributed by atoms with van der Waals surface area (Å²) in [6.45, 7) is 0.724. The number of nitrogens with zero attached hydrogens (tertiary/aromatic N) is 5. The number of halogens is 3. The number of hydrogen-bond donors (Lipinski definition) is 1. The molecule has 0 radical (unpaired) electrons. The van der Waals surface area contributed by atoms with Crippen LogP contribution < -0.4 is 5.73 Å². The van der Waals surface area contributed by atoms with E-state index in [1.165, 1.54) is 28.1 Å². The summed E-state index contributed by atoms with van der Waals surface area (Å²) in [5.74, 6) is -0.479. The average molecular weight is 487 g/mol. The summed E-state index contributed by atoms with van der Waals surface area (Å²) < 4.78 is 42.8. The first-order valence-electron chi connectivity index (χ1n) is 10.8. The van der Waals surface area contributed by atoms with Gasteiger partial charge >= 0.3 is 6.18 Å². The van der Waals surface area contributed by atoms with Gasteiger partial charge in [0, 0.05) is 30.9 Å². The second-order valence-corrected chi connectivity index (χ2v) is 9.07. The number of piperidine rings is 1. The highest BCUT2D eigenvalue weighted by Crippen LogP contribution is 2.33. The zero-order valence-corrected chi connectivity index (χ0v) is 18.8. The van der Waals surface area contributed by atoms with Crippen molar-refractivity contribution in [3.63, 3.8) is 0 Å². The van der Waals surface area contributed by atoms with Crippen molar-refractivity contribution in [3.8, 4) is 21.8 Å². The number of amides is 1. The van der Waals surface area contributed by atoms with Crippen molar-refractivity contribution in [1.29, 1.82) is 0 Å². The quantitative estimate of drug-likeness (QED) is 0.459. The molecule has 0 spiro atoms. The molecule has 7 nitrogen and oxygen atoms in total. The summed E-state index contributed by atoms with van der Waals surface area (Å²) in [5, 5.41) is 6.14. The molecule has 1 atom stereocenters. The second-order valence-electron chi connectivity index (χ2n) is 8.12. The van der Waals surface area contributed by atoms with Crippen LogP contribution in [0.2, 0.25) is 0 Å². The van der Waals surface area contributed by atoms with Gasteiger partial charge in [0.1, 0.15) is 5.69 Å². The summed E-state index contributed by atoms with van der Waals surface area (Å²) in [6.07, 6.45) is 0.840. The number of alkyl halides is 3. The number of aromatic nitrogens is 4. The minimum Gasteiger partial charge on any atom is -0.334 e. The van der Waals surface area contributed by atoms with Crippen molar-refractivity contribution in [2.45, 2.75) is 31.5 Å². The first-order chi connectivity index (χ1) is 16.3. The van der Waals surface area contributed by atoms with Crippen molar-refractivity contribution < 1.29 is 18.0 Å². The van der Waals surface area contributed by atoms with E-state index in [0.717, 1.165) is 30.2 Å². The van der Waals surface area contributed by atoms with Crippen LogP contribution in [0.15, 0.2) is 48.1 Å². The minimum atomic E-state index is -4.72. The minimum absolute atomic E-state index is 0.00897. The summed E-state index contributed by atoms with van der Waals surface area (Å²) in [5.41, 5.74) is 5.95. The molecule has 11 heteroatoms. The fraction of sp³-hybridized carbons (Fsp3) is 0.304. The van der Waals surface area contributed by atoms with Crippen LogP contribution in [0.3, 0.4) is 0 Å². The van der Waals surface area contributed by atoms with Crippen LogP contribution in [0.4, 0.5) is 13.2 Å². The molecule has 34 heavy (non-hydrogen) atoms. The van der Waals surface area contributed by atoms with Crippen LogP contribution in [0, 0.1) is 0 Å². The maximum absolute atomic E-state index is 13.8. The van der Waals surface area contributed by atoms with Crippen molar-refractivity contribution >= 4 is 22.9 Å². The molecule has 1 amide bonds. The Morgan fingerprint density at radius 1 is 1.18 bits per heavy atom. The third-order valence-corrected chi connectivity index (χ3v) is 6.83. The Balaban J connectivity index is 1.62. The highest BCUT2D eigenvalue weighted by molar-refractivity contribution is 7.13. The Morgan fingerprint density at radius 2 is 2.03 bits per heavy atom. The lowest BCUT2D eigenvalue weighted by Crippen LogP contribution is -2.47. The Bertz CT molecular complexity index is 1330. The van der Waals surface area contributed by atoms with Gasteiger partial charge in [0.25, 0.3) is 5.91 Å². The monoisotopic (exact) mass is 486 g/mol. The first kappa shape index (κ1) is 22.5. The van der Waals surface area contributed by atoms with Crippen molar-refractivity contribution in [2.24, 2.45) is 5.73 Å². The molecule has 0 saturated carbocycles. The van der Waals surface area contributed by atoms with Gasteiger partial charge in [0.2, 0.25) is 0 Å². The number of pyridine rings is 1. The van der Waals surface area contributed by atoms with E-state index in [-0.39, 0.29) is 23.8 Å². The fourth-order valence-corrected chi connectivity index (χ4v) is 4.92. The van der Waals surface area contributed by atoms with Crippen LogP contribution >= 0.6 is 11.3 Å². The third-order valence-electron chi connectivity index (χ3n) is 5.94. The van der Waals surface area contributed by atoms with Crippen LogP contribution in [0.5, 0.6) is 0 Å². The normalized spacial score (nSPS) is 16.8. The molecule has 1 aliphatic rings. The van der Waals surface area contributed by atoms with E-state index in [0.29, 0.717) is 23.4 Å². The maximum Gasteiger partial charge on any atom is 0.433 e. The second kappa shape index (κ2) is 8.80. The summed E-state index contributed by atoms with van der Waals surface area (Å²) in [6, 6.07) is 7.59. The molecule has 1 saturated heterocycles. The van der Waals surface area contributed by atoms with Crippen molar-refractivity contribution in [1.82, 2.24) is 24.5 Å². The number of fused-ring (bicyclic) bond motifs is 1. The molecule has 2 N–H and O–H groups in total. The van der Waals surface area contributed by atoms with Gasteiger partial charge < -0.3 is 10.6 Å². The van der Waals surface area contributed by atoms with Gasteiger partial charge in [0.15, 0.2) is 5.65 Å². The van der Waals surface area contributed by atoms with Gasteiger partial charge in [-0.05, 0) is 48.9 Å². The van der Waals surface area contributed by atoms with Gasteiger partial charge in [-0.25, -0.2) is 14.5 Å². The van der Waals surface area contributed by atoms with Crippen LogP contribution in [0.1, 0.15) is 35.3 Å². The molecule has 0 aromatic carbocycles. The highest BCUT2D eigenvalue weighted by atomic mass is 32.1. The Hall–Kier alpha value is -3.31. The number of thiophene rings is 1. The van der Waals surface area contributed by atoms with Gasteiger partial charge in [0.05, 0.1) is 28.0 Å². The van der Waals surface area contributed by atoms with E-state index in [4.69, 9.17) is 5.73 Å². The first-order valence-corrected chi connectivity index (χ1v) is 11.7. The summed E-state index contributed by atoms with van der Waals surface area (Å²) in [7, 11) is 0. The number of carbonyl (C=O) groups is 1. The Labute approximate surface area is 197 Å². The van der Waals surface area contributed by atoms with Crippen LogP contribution in [-0.2, 0) is 6.18 Å². The lowest BCUT2D eigenvalue weighted by molar-refractivity contribution is -0.141. The molecule has 1 unspecified atom stereocenters. The standard InChI is InChI=1S/C23H21F3N6OS/c24-23(25,26)20-11-14(22(33)31-7-2-1-4-15(31)12-27)10-18(29-20)16-13-28-32-8-6-17(30-21(16)32)19-5-3-9-34-19/h3,5-6,8-11,13,15H,1-2,4,7,12,27H2. The lowest BCUT2D eigenvalue weighted by atomic mass is 10.0. The maximum atomic E-state index is 13.8. The summed E-state index contributed by atoms with van der Waals surface area (Å²) >= 11 is 1.50. The molecule has 0 aliphatic carbocycles. The average Bonchev–Trinajstić information content (AvgIpc) is 3.52. The molecule has 0 bridgehead atoms. The van der Waals surface area contributed by atoms with E-state index in [2.05, 4.69) is 15.1 Å². The van der Waals surface area contributed by atoms with E-state index in [1.54, 1.807) is 17.2 Å². The van der Waals surface area contributed by atoms with Gasteiger partial charge in [-0.3, -0.25) is 4.79 Å². The highest BCUT2D eigenvalue weighted by Gasteiger charge is 2.35. The molecular weight excluding hydrogens is 465 g/mol. The van der Waals surface area contributed by atoms with Gasteiger partial charge in [-0.15, -0.1) is 11.3 Å². The molecule has 1 aliphatic heterocycles. The van der Waals surface area contributed by atoms with Crippen molar-refractivity contribution in [3.05, 3.63) is 59.4 Å². The third kappa shape index (κ3) is 4.16. The molecular formula is C23H21F3N6OS. The molecule has 4 aromatic heterocycles. The van der Waals surface area contributed by atoms with E-state index in [1.807, 2.05) is 17.5 Å². The van der Waals surface area contributed by atoms with E-state index in [9.17, 15) is 18.0 Å². The smallest absolute Gasteiger partial charge is 0.334 e. The predicted octanol–water partition coefficient (Wildman–Crippen LogP) is 4.49. The number of rotatable bonds is 4. The number of nitrogens with two attached hydrogens (primary N) is 1. The number of carbonyl (C=O) groups excluding carboxylic acids is 1. The van der Waals surface area contributed by atoms with E-state index < -0.39 is 17.8 Å². The van der Waals surface area contributed by atoms with Gasteiger partial charge in [-0.1, -0.05) is 6.07 Å². The SMILES string of the molecule is NCC1CCCCN1C(=O)c1cc(-c2cnn3ccc(-c4cccs4)nc23)nc(C(F)(F)F)c1. The molecule has 5 rings (SSSR count). The molecule has 5 heterocycles.